The predicted octanol–water partition coefficient (Wildman–Crippen LogP) is 3.70. The van der Waals surface area contributed by atoms with Crippen molar-refractivity contribution in [2.24, 2.45) is 0 Å². The lowest BCUT2D eigenvalue weighted by atomic mass is 10.1. The Labute approximate surface area is 182 Å². The molecule has 2 heterocycles. The second-order valence-electron chi connectivity index (χ2n) is 6.16. The lowest BCUT2D eigenvalue weighted by molar-refractivity contribution is -0.138. The number of carbonyl (C=O) groups excluding carboxylic acids is 2. The molecule has 0 atom stereocenters. The van der Waals surface area contributed by atoms with Crippen LogP contribution in [0.1, 0.15) is 0 Å². The van der Waals surface area contributed by atoms with Crippen molar-refractivity contribution in [3.63, 3.8) is 0 Å². The fraction of sp³-hybridized carbons (Fsp3) is 0.0952. The van der Waals surface area contributed by atoms with Gasteiger partial charge in [-0.05, 0) is 42.5 Å². The Morgan fingerprint density at radius 1 is 1.00 bits per heavy atom. The minimum absolute atomic E-state index is 0.175. The minimum Gasteiger partial charge on any atom is -0.466 e. The monoisotopic (exact) mass is 437 g/mol. The van der Waals surface area contributed by atoms with Gasteiger partial charge >= 0.3 is 0 Å². The Morgan fingerprint density at radius 3 is 2.37 bits per heavy atom. The van der Waals surface area contributed by atoms with E-state index in [2.05, 4.69) is 10.2 Å². The van der Waals surface area contributed by atoms with Crippen molar-refractivity contribution in [1.82, 2.24) is 15.1 Å². The van der Waals surface area contributed by atoms with Crippen LogP contribution in [0.2, 0.25) is 0 Å². The summed E-state index contributed by atoms with van der Waals surface area (Å²) in [6.45, 7) is -0.341. The fourth-order valence-electron chi connectivity index (χ4n) is 2.66. The molecule has 0 bridgehead atoms. The molecule has 0 spiro atoms. The lowest BCUT2D eigenvalue weighted by Gasteiger charge is -2.12. The number of benzene rings is 2. The van der Waals surface area contributed by atoms with Crippen molar-refractivity contribution in [3.05, 3.63) is 66.7 Å². The minimum atomic E-state index is -0.519. The van der Waals surface area contributed by atoms with Crippen LogP contribution in [0.15, 0.2) is 66.7 Å². The van der Waals surface area contributed by atoms with E-state index in [-0.39, 0.29) is 28.5 Å². The van der Waals surface area contributed by atoms with E-state index in [1.807, 2.05) is 54.6 Å². The Hall–Kier alpha value is -3.30. The first-order chi connectivity index (χ1) is 14.6. The molecule has 0 N–H and O–H groups in total. The molecule has 0 saturated carbocycles. The van der Waals surface area contributed by atoms with Crippen molar-refractivity contribution in [1.29, 1.82) is 0 Å². The molecule has 2 aromatic carbocycles. The van der Waals surface area contributed by atoms with Crippen molar-refractivity contribution in [2.45, 2.75) is 0 Å². The zero-order chi connectivity index (χ0) is 20.9. The normalized spacial score (nSPS) is 13.4. The molecule has 7 nitrogen and oxygen atoms in total. The Bertz CT molecular complexity index is 1060. The number of aromatic nitrogens is 2. The first-order valence-corrected chi connectivity index (χ1v) is 10.3. The van der Waals surface area contributed by atoms with E-state index in [0.717, 1.165) is 28.0 Å². The van der Waals surface area contributed by atoms with Crippen LogP contribution in [-0.2, 0) is 9.59 Å². The van der Waals surface area contributed by atoms with E-state index in [1.165, 1.54) is 0 Å². The third kappa shape index (κ3) is 4.64. The van der Waals surface area contributed by atoms with Gasteiger partial charge in [-0.3, -0.25) is 9.59 Å². The van der Waals surface area contributed by atoms with Crippen LogP contribution in [0.5, 0.6) is 17.4 Å². The molecule has 1 aliphatic heterocycles. The summed E-state index contributed by atoms with van der Waals surface area (Å²) in [6.07, 6.45) is 0. The molecule has 0 unspecified atom stereocenters. The van der Waals surface area contributed by atoms with Crippen LogP contribution in [0.25, 0.3) is 11.3 Å². The Kier molecular flexibility index (Phi) is 6.01. The molecule has 0 aliphatic carbocycles. The average Bonchev–Trinajstić information content (AvgIpc) is 3.12. The third-order valence-electron chi connectivity index (χ3n) is 4.11. The molecule has 1 saturated heterocycles. The summed E-state index contributed by atoms with van der Waals surface area (Å²) < 4.78 is 11.4. The number of imide groups is 1. The first-order valence-electron chi connectivity index (χ1n) is 8.92. The smallest absolute Gasteiger partial charge is 0.272 e. The maximum absolute atomic E-state index is 12.1. The van der Waals surface area contributed by atoms with Crippen LogP contribution >= 0.6 is 24.0 Å². The molecule has 1 aromatic heterocycles. The second-order valence-corrected chi connectivity index (χ2v) is 7.77. The van der Waals surface area contributed by atoms with Crippen molar-refractivity contribution < 1.29 is 19.1 Å². The van der Waals surface area contributed by atoms with Crippen molar-refractivity contribution in [2.75, 3.05) is 12.4 Å². The molecule has 1 aliphatic rings. The summed E-state index contributed by atoms with van der Waals surface area (Å²) in [4.78, 5) is 24.7. The van der Waals surface area contributed by atoms with Gasteiger partial charge in [-0.15, -0.1) is 10.2 Å². The van der Waals surface area contributed by atoms with E-state index in [1.54, 1.807) is 12.1 Å². The topological polar surface area (TPSA) is 81.6 Å². The van der Waals surface area contributed by atoms with Gasteiger partial charge in [0.05, 0.1) is 11.4 Å². The van der Waals surface area contributed by atoms with Gasteiger partial charge in [0.15, 0.2) is 10.9 Å². The largest absolute Gasteiger partial charge is 0.466 e. The van der Waals surface area contributed by atoms with Crippen molar-refractivity contribution >= 4 is 40.1 Å². The average molecular weight is 438 g/mol. The number of hydrogen-bond acceptors (Lipinski definition) is 8. The van der Waals surface area contributed by atoms with Gasteiger partial charge < -0.3 is 9.47 Å². The molecule has 30 heavy (non-hydrogen) atoms. The van der Waals surface area contributed by atoms with Gasteiger partial charge in [-0.1, -0.05) is 42.2 Å². The molecule has 3 aromatic rings. The number of ether oxygens (including phenoxy) is 2. The maximum atomic E-state index is 12.1. The summed E-state index contributed by atoms with van der Waals surface area (Å²) in [6, 6.07) is 20.3. The van der Waals surface area contributed by atoms with E-state index in [0.29, 0.717) is 11.4 Å². The van der Waals surface area contributed by atoms with E-state index < -0.39 is 5.91 Å². The second kappa shape index (κ2) is 9.02. The van der Waals surface area contributed by atoms with E-state index >= 15 is 0 Å². The Balaban J connectivity index is 1.35. The molecule has 2 amide bonds. The number of para-hydroxylation sites is 1. The summed E-state index contributed by atoms with van der Waals surface area (Å²) in [5.74, 6) is 0.977. The highest BCUT2D eigenvalue weighted by Gasteiger charge is 2.32. The third-order valence-corrected chi connectivity index (χ3v) is 5.47. The molecule has 150 valence electrons. The molecule has 4 rings (SSSR count). The molecular formula is C21H15N3O4S2. The fourth-order valence-corrected chi connectivity index (χ4v) is 3.75. The number of amides is 2. The predicted molar refractivity (Wildman–Crippen MR) is 116 cm³/mol. The highest BCUT2D eigenvalue weighted by Crippen LogP contribution is 2.25. The standard InChI is InChI=1S/C21H15N3O4S2/c25-19(24-20(26)13-30-21(24)29)12-27-18-11-10-17(22-23-18)14-6-8-16(9-7-14)28-15-4-2-1-3-5-15/h1-11H,12-13H2. The number of thiocarbonyl (C=S) groups is 1. The maximum Gasteiger partial charge on any atom is 0.272 e. The SMILES string of the molecule is O=C(COc1ccc(-c2ccc(Oc3ccccc3)cc2)nn1)N1C(=O)CSC1=S. The van der Waals surface area contributed by atoms with Crippen LogP contribution in [-0.4, -0.2) is 43.6 Å². The zero-order valence-corrected chi connectivity index (χ0v) is 17.2. The molecule has 1 fully saturated rings. The summed E-state index contributed by atoms with van der Waals surface area (Å²) in [5, 5.41) is 8.12. The van der Waals surface area contributed by atoms with Gasteiger partial charge in [-0.25, -0.2) is 4.90 Å². The van der Waals surface area contributed by atoms with Gasteiger partial charge in [0.1, 0.15) is 11.5 Å². The van der Waals surface area contributed by atoms with E-state index in [9.17, 15) is 9.59 Å². The van der Waals surface area contributed by atoms with Crippen molar-refractivity contribution in [3.8, 4) is 28.6 Å². The number of carbonyl (C=O) groups is 2. The summed E-state index contributed by atoms with van der Waals surface area (Å²) in [7, 11) is 0. The number of nitrogens with zero attached hydrogens (tertiary/aromatic N) is 3. The summed E-state index contributed by atoms with van der Waals surface area (Å²) >= 11 is 6.16. The van der Waals surface area contributed by atoms with Crippen LogP contribution in [0.3, 0.4) is 0 Å². The lowest BCUT2D eigenvalue weighted by Crippen LogP contribution is -2.38. The van der Waals surface area contributed by atoms with Crippen LogP contribution in [0.4, 0.5) is 0 Å². The number of hydrogen-bond donors (Lipinski definition) is 0. The van der Waals surface area contributed by atoms with Gasteiger partial charge in [0, 0.05) is 11.6 Å². The number of rotatable bonds is 6. The highest BCUT2D eigenvalue weighted by atomic mass is 32.2. The number of thioether (sulfide) groups is 1. The van der Waals surface area contributed by atoms with E-state index in [4.69, 9.17) is 21.7 Å². The summed E-state index contributed by atoms with van der Waals surface area (Å²) in [5.41, 5.74) is 1.50. The zero-order valence-electron chi connectivity index (χ0n) is 15.6. The van der Waals surface area contributed by atoms with Gasteiger partial charge in [0.25, 0.3) is 5.91 Å². The van der Waals surface area contributed by atoms with Gasteiger partial charge in [0.2, 0.25) is 11.8 Å². The van der Waals surface area contributed by atoms with Crippen LogP contribution in [0, 0.1) is 0 Å². The Morgan fingerprint density at radius 2 is 1.73 bits per heavy atom. The molecule has 0 radical (unpaired) electrons. The highest BCUT2D eigenvalue weighted by molar-refractivity contribution is 8.24. The van der Waals surface area contributed by atoms with Gasteiger partial charge in [-0.2, -0.15) is 0 Å². The quantitative estimate of drug-likeness (QED) is 0.540. The molecular weight excluding hydrogens is 422 g/mol. The first kappa shape index (κ1) is 20.0. The molecule has 9 heteroatoms. The van der Waals surface area contributed by atoms with Crippen LogP contribution < -0.4 is 9.47 Å².